The van der Waals surface area contributed by atoms with Gasteiger partial charge in [-0.1, -0.05) is 38.8 Å². The second kappa shape index (κ2) is 5.74. The first-order valence-corrected chi connectivity index (χ1v) is 8.27. The second-order valence-corrected chi connectivity index (χ2v) is 9.50. The third-order valence-electron chi connectivity index (χ3n) is 1.58. The first-order valence-electron chi connectivity index (χ1n) is 3.50. The fraction of sp³-hybridized carbons (Fsp3) is 1.00. The topological polar surface area (TPSA) is 9.23 Å². The molecule has 0 spiro atoms. The zero-order chi connectivity index (χ0) is 8.04. The van der Waals surface area contributed by atoms with Gasteiger partial charge in [-0.3, -0.25) is 0 Å². The van der Waals surface area contributed by atoms with Crippen molar-refractivity contribution in [3.05, 3.63) is 0 Å². The van der Waals surface area contributed by atoms with Crippen LogP contribution in [0.3, 0.4) is 0 Å². The molecule has 0 amide bonds. The molecule has 0 aromatic rings. The lowest BCUT2D eigenvalue weighted by Crippen LogP contribution is -2.42. The SMILES string of the molecule is CCO[Si](CC)(CBr)CBr. The maximum atomic E-state index is 5.72. The second-order valence-electron chi connectivity index (χ2n) is 2.24. The van der Waals surface area contributed by atoms with E-state index in [1.807, 2.05) is 0 Å². The average molecular weight is 290 g/mol. The predicted molar refractivity (Wildman–Crippen MR) is 55.4 cm³/mol. The number of rotatable bonds is 5. The van der Waals surface area contributed by atoms with Crippen LogP contribution in [0.2, 0.25) is 6.04 Å². The van der Waals surface area contributed by atoms with Crippen LogP contribution < -0.4 is 0 Å². The van der Waals surface area contributed by atoms with Crippen molar-refractivity contribution in [3.63, 3.8) is 0 Å². The van der Waals surface area contributed by atoms with E-state index in [0.29, 0.717) is 0 Å². The summed E-state index contributed by atoms with van der Waals surface area (Å²) >= 11 is 7.00. The van der Waals surface area contributed by atoms with Crippen LogP contribution in [0.25, 0.3) is 0 Å². The maximum Gasteiger partial charge on any atom is 0.213 e. The average Bonchev–Trinajstić information content (AvgIpc) is 2.01. The molecule has 0 fully saturated rings. The van der Waals surface area contributed by atoms with Crippen molar-refractivity contribution in [3.8, 4) is 0 Å². The molecule has 0 N–H and O–H groups in total. The van der Waals surface area contributed by atoms with Crippen molar-refractivity contribution in [1.29, 1.82) is 0 Å². The first kappa shape index (κ1) is 11.1. The van der Waals surface area contributed by atoms with E-state index in [9.17, 15) is 0 Å². The minimum absolute atomic E-state index is 0.845. The van der Waals surface area contributed by atoms with E-state index < -0.39 is 8.32 Å². The summed E-state index contributed by atoms with van der Waals surface area (Å²) in [6.07, 6.45) is 0. The molecule has 0 heterocycles. The lowest BCUT2D eigenvalue weighted by molar-refractivity contribution is 0.329. The molecule has 0 atom stereocenters. The highest BCUT2D eigenvalue weighted by Gasteiger charge is 2.29. The fourth-order valence-corrected chi connectivity index (χ4v) is 8.27. The van der Waals surface area contributed by atoms with E-state index in [1.54, 1.807) is 0 Å². The van der Waals surface area contributed by atoms with Gasteiger partial charge < -0.3 is 4.43 Å². The van der Waals surface area contributed by atoms with Crippen LogP contribution in [-0.4, -0.2) is 24.8 Å². The van der Waals surface area contributed by atoms with Gasteiger partial charge >= 0.3 is 0 Å². The lowest BCUT2D eigenvalue weighted by atomic mass is 10.9. The number of alkyl halides is 2. The summed E-state index contributed by atoms with van der Waals surface area (Å²) in [5.41, 5.74) is 0. The predicted octanol–water partition coefficient (Wildman–Crippen LogP) is 2.86. The van der Waals surface area contributed by atoms with Gasteiger partial charge in [0.2, 0.25) is 8.32 Å². The van der Waals surface area contributed by atoms with Gasteiger partial charge in [-0.15, -0.1) is 0 Å². The van der Waals surface area contributed by atoms with Crippen LogP contribution in [0, 0.1) is 0 Å². The maximum absolute atomic E-state index is 5.72. The van der Waals surface area contributed by atoms with Crippen molar-refractivity contribution in [2.75, 3.05) is 16.5 Å². The molecule has 0 radical (unpaired) electrons. The highest BCUT2D eigenvalue weighted by Crippen LogP contribution is 2.16. The Bertz CT molecular complexity index is 77.6. The lowest BCUT2D eigenvalue weighted by Gasteiger charge is -2.24. The summed E-state index contributed by atoms with van der Waals surface area (Å²) in [6, 6.07) is 1.18. The molecule has 0 rings (SSSR count). The van der Waals surface area contributed by atoms with Crippen LogP contribution in [0.4, 0.5) is 0 Å². The standard InChI is InChI=1S/C6H14Br2OSi/c1-3-9-10(4-2,5-7)6-8/h3-6H2,1-2H3. The summed E-state index contributed by atoms with van der Waals surface area (Å²) in [7, 11) is -1.38. The molecule has 0 aromatic heterocycles. The Morgan fingerprint density at radius 2 is 1.70 bits per heavy atom. The van der Waals surface area contributed by atoms with Crippen LogP contribution in [0.5, 0.6) is 0 Å². The number of hydrogen-bond acceptors (Lipinski definition) is 1. The Labute approximate surface area is 80.9 Å². The zero-order valence-electron chi connectivity index (χ0n) is 6.49. The van der Waals surface area contributed by atoms with Gasteiger partial charge in [0.25, 0.3) is 0 Å². The van der Waals surface area contributed by atoms with Gasteiger partial charge in [0.1, 0.15) is 0 Å². The fourth-order valence-electron chi connectivity index (χ4n) is 0.710. The molecular weight excluding hydrogens is 276 g/mol. The molecule has 1 nitrogen and oxygen atoms in total. The quantitative estimate of drug-likeness (QED) is 0.559. The molecule has 0 saturated heterocycles. The molecule has 0 aromatic carbocycles. The minimum atomic E-state index is -1.38. The van der Waals surface area contributed by atoms with Gasteiger partial charge in [0.15, 0.2) is 0 Å². The summed E-state index contributed by atoms with van der Waals surface area (Å²) in [4.78, 5) is 2.07. The summed E-state index contributed by atoms with van der Waals surface area (Å²) in [5.74, 6) is 0. The van der Waals surface area contributed by atoms with Crippen molar-refractivity contribution >= 4 is 40.2 Å². The zero-order valence-corrected chi connectivity index (χ0v) is 10.7. The molecule has 0 aliphatic heterocycles. The van der Waals surface area contributed by atoms with Crippen molar-refractivity contribution in [2.24, 2.45) is 0 Å². The van der Waals surface area contributed by atoms with E-state index in [2.05, 4.69) is 45.7 Å². The molecule has 62 valence electrons. The largest absolute Gasteiger partial charge is 0.415 e. The Balaban J connectivity index is 3.87. The molecule has 4 heteroatoms. The van der Waals surface area contributed by atoms with E-state index in [0.717, 1.165) is 16.5 Å². The van der Waals surface area contributed by atoms with E-state index in [4.69, 9.17) is 4.43 Å². The third-order valence-corrected chi connectivity index (χ3v) is 10.9. The Kier molecular flexibility index (Phi) is 6.40. The first-order chi connectivity index (χ1) is 4.74. The molecular formula is C6H14Br2OSi. The van der Waals surface area contributed by atoms with Gasteiger partial charge in [0.05, 0.1) is 0 Å². The Morgan fingerprint density at radius 3 is 1.80 bits per heavy atom. The number of hydrogen-bond donors (Lipinski definition) is 0. The molecule has 0 bridgehead atoms. The monoisotopic (exact) mass is 288 g/mol. The van der Waals surface area contributed by atoms with E-state index in [1.165, 1.54) is 6.04 Å². The smallest absolute Gasteiger partial charge is 0.213 e. The highest BCUT2D eigenvalue weighted by atomic mass is 79.9. The number of halogens is 2. The summed E-state index contributed by atoms with van der Waals surface area (Å²) in [5, 5.41) is 0. The third kappa shape index (κ3) is 3.03. The van der Waals surface area contributed by atoms with Crippen LogP contribution in [0.15, 0.2) is 0 Å². The van der Waals surface area contributed by atoms with Crippen LogP contribution in [-0.2, 0) is 4.43 Å². The summed E-state index contributed by atoms with van der Waals surface area (Å²) < 4.78 is 5.72. The van der Waals surface area contributed by atoms with Crippen LogP contribution >= 0.6 is 31.9 Å². The summed E-state index contributed by atoms with van der Waals surface area (Å²) in [6.45, 7) is 5.10. The normalized spacial score (nSPS) is 12.0. The van der Waals surface area contributed by atoms with Gasteiger partial charge in [-0.25, -0.2) is 0 Å². The molecule has 0 aliphatic carbocycles. The molecule has 0 aliphatic rings. The van der Waals surface area contributed by atoms with Gasteiger partial charge in [-0.2, -0.15) is 0 Å². The minimum Gasteiger partial charge on any atom is -0.415 e. The highest BCUT2D eigenvalue weighted by molar-refractivity contribution is 9.10. The molecule has 10 heavy (non-hydrogen) atoms. The Hall–Kier alpha value is 1.14. The van der Waals surface area contributed by atoms with Crippen molar-refractivity contribution in [1.82, 2.24) is 0 Å². The van der Waals surface area contributed by atoms with E-state index >= 15 is 0 Å². The van der Waals surface area contributed by atoms with Crippen LogP contribution in [0.1, 0.15) is 13.8 Å². The van der Waals surface area contributed by atoms with Gasteiger partial charge in [0, 0.05) is 16.5 Å². The van der Waals surface area contributed by atoms with E-state index in [-0.39, 0.29) is 0 Å². The van der Waals surface area contributed by atoms with Gasteiger partial charge in [-0.05, 0) is 13.0 Å². The molecule has 0 unspecified atom stereocenters. The Morgan fingerprint density at radius 1 is 1.20 bits per heavy atom. The van der Waals surface area contributed by atoms with Crippen molar-refractivity contribution < 1.29 is 4.43 Å². The van der Waals surface area contributed by atoms with Crippen molar-refractivity contribution in [2.45, 2.75) is 19.9 Å². The molecule has 0 saturated carbocycles.